The molecule has 0 unspecified atom stereocenters. The molecular formula is C21H17ClN2. The average Bonchev–Trinajstić information content (AvgIpc) is 2.84. The highest BCUT2D eigenvalue weighted by molar-refractivity contribution is 6.36. The number of nitrogens with zero attached hydrogens (tertiary/aromatic N) is 1. The van der Waals surface area contributed by atoms with E-state index in [9.17, 15) is 0 Å². The van der Waals surface area contributed by atoms with Crippen molar-refractivity contribution in [2.24, 2.45) is 0 Å². The monoisotopic (exact) mass is 332 g/mol. The van der Waals surface area contributed by atoms with Crippen LogP contribution < -0.4 is 0 Å². The summed E-state index contributed by atoms with van der Waals surface area (Å²) >= 11 is 6.77. The van der Waals surface area contributed by atoms with Crippen LogP contribution in [0.25, 0.3) is 33.2 Å². The fourth-order valence-electron chi connectivity index (χ4n) is 3.92. The minimum absolute atomic E-state index is 0.860. The molecule has 2 heterocycles. The first-order chi connectivity index (χ1) is 11.7. The number of H-pyrrole nitrogens is 1. The summed E-state index contributed by atoms with van der Waals surface area (Å²) in [7, 11) is 0. The molecular weight excluding hydrogens is 316 g/mol. The second-order valence-corrected chi connectivity index (χ2v) is 7.03. The van der Waals surface area contributed by atoms with E-state index in [0.29, 0.717) is 0 Å². The smallest absolute Gasteiger partial charge is 0.0922 e. The van der Waals surface area contributed by atoms with Gasteiger partial charge in [0.15, 0.2) is 0 Å². The van der Waals surface area contributed by atoms with E-state index in [1.54, 1.807) is 0 Å². The Labute approximate surface area is 145 Å². The van der Waals surface area contributed by atoms with Gasteiger partial charge in [0.25, 0.3) is 0 Å². The zero-order valence-corrected chi connectivity index (χ0v) is 14.2. The molecule has 0 bridgehead atoms. The van der Waals surface area contributed by atoms with Crippen LogP contribution in [-0.4, -0.2) is 9.97 Å². The Balaban J connectivity index is 1.89. The molecule has 0 radical (unpaired) electrons. The fourth-order valence-corrected chi connectivity index (χ4v) is 4.26. The molecule has 118 valence electrons. The molecule has 2 aromatic heterocycles. The van der Waals surface area contributed by atoms with Crippen molar-refractivity contribution in [3.63, 3.8) is 0 Å². The lowest BCUT2D eigenvalue weighted by Crippen LogP contribution is -1.95. The van der Waals surface area contributed by atoms with Crippen LogP contribution in [0.1, 0.15) is 23.1 Å². The van der Waals surface area contributed by atoms with Gasteiger partial charge in [0.1, 0.15) is 0 Å². The van der Waals surface area contributed by atoms with E-state index in [1.807, 2.05) is 18.2 Å². The van der Waals surface area contributed by atoms with Gasteiger partial charge in [-0.25, -0.2) is 4.98 Å². The van der Waals surface area contributed by atoms with Crippen LogP contribution in [0.3, 0.4) is 0 Å². The summed E-state index contributed by atoms with van der Waals surface area (Å²) in [6.07, 6.45) is 3.13. The second-order valence-electron chi connectivity index (χ2n) is 6.65. The summed E-state index contributed by atoms with van der Waals surface area (Å²) in [5, 5.41) is 3.22. The van der Waals surface area contributed by atoms with Crippen molar-refractivity contribution >= 4 is 33.4 Å². The molecule has 1 aliphatic rings. The molecule has 5 rings (SSSR count). The summed E-state index contributed by atoms with van der Waals surface area (Å²) in [4.78, 5) is 8.60. The van der Waals surface area contributed by atoms with Crippen LogP contribution in [0.5, 0.6) is 0 Å². The topological polar surface area (TPSA) is 28.7 Å². The SMILES string of the molecule is Cc1ccc2c3c([nH]c2c1)-c1nc2ccccc2c(Cl)c1CCC3. The number of halogens is 1. The van der Waals surface area contributed by atoms with Gasteiger partial charge in [0, 0.05) is 16.3 Å². The first kappa shape index (κ1) is 14.1. The summed E-state index contributed by atoms with van der Waals surface area (Å²) in [6.45, 7) is 2.13. The van der Waals surface area contributed by atoms with Crippen LogP contribution in [0.15, 0.2) is 42.5 Å². The maximum absolute atomic E-state index is 6.77. The standard InChI is InChI=1S/C21H17ClN2/c1-12-9-10-13-14-6-4-7-16-19(22)15-5-2-3-8-17(15)23-21(16)20(14)24-18(13)11-12/h2-3,5,8-11,24H,4,6-7H2,1H3. The van der Waals surface area contributed by atoms with E-state index in [-0.39, 0.29) is 0 Å². The maximum Gasteiger partial charge on any atom is 0.0922 e. The number of benzene rings is 2. The van der Waals surface area contributed by atoms with E-state index < -0.39 is 0 Å². The second kappa shape index (κ2) is 5.09. The number of aryl methyl sites for hydroxylation is 2. The van der Waals surface area contributed by atoms with Crippen LogP contribution in [0.4, 0.5) is 0 Å². The summed E-state index contributed by atoms with van der Waals surface area (Å²) in [5.41, 5.74) is 8.15. The number of aromatic amines is 1. The van der Waals surface area contributed by atoms with Gasteiger partial charge in [-0.15, -0.1) is 0 Å². The number of para-hydroxylation sites is 1. The zero-order chi connectivity index (χ0) is 16.3. The van der Waals surface area contributed by atoms with Gasteiger partial charge < -0.3 is 4.98 Å². The van der Waals surface area contributed by atoms with E-state index in [4.69, 9.17) is 16.6 Å². The summed E-state index contributed by atoms with van der Waals surface area (Å²) in [5.74, 6) is 0. The molecule has 0 amide bonds. The molecule has 24 heavy (non-hydrogen) atoms. The van der Waals surface area contributed by atoms with Crippen LogP contribution in [0.2, 0.25) is 5.02 Å². The summed E-state index contributed by atoms with van der Waals surface area (Å²) < 4.78 is 0. The highest BCUT2D eigenvalue weighted by Crippen LogP contribution is 2.40. The van der Waals surface area contributed by atoms with Crippen molar-refractivity contribution in [2.75, 3.05) is 0 Å². The Morgan fingerprint density at radius 1 is 1.00 bits per heavy atom. The van der Waals surface area contributed by atoms with Crippen molar-refractivity contribution < 1.29 is 0 Å². The van der Waals surface area contributed by atoms with Gasteiger partial charge in [0.2, 0.25) is 0 Å². The predicted molar refractivity (Wildman–Crippen MR) is 101 cm³/mol. The highest BCUT2D eigenvalue weighted by atomic mass is 35.5. The Hall–Kier alpha value is -2.32. The van der Waals surface area contributed by atoms with Gasteiger partial charge in [-0.2, -0.15) is 0 Å². The number of fused-ring (bicyclic) bond motifs is 6. The minimum atomic E-state index is 0.860. The van der Waals surface area contributed by atoms with Crippen molar-refractivity contribution in [1.29, 1.82) is 0 Å². The number of aromatic nitrogens is 2. The molecule has 4 aromatic rings. The maximum atomic E-state index is 6.77. The fraction of sp³-hybridized carbons (Fsp3) is 0.190. The van der Waals surface area contributed by atoms with Gasteiger partial charge in [-0.3, -0.25) is 0 Å². The van der Waals surface area contributed by atoms with Crippen molar-refractivity contribution in [2.45, 2.75) is 26.2 Å². The molecule has 1 N–H and O–H groups in total. The molecule has 3 heteroatoms. The molecule has 0 aliphatic heterocycles. The number of nitrogens with one attached hydrogen (secondary N) is 1. The van der Waals surface area contributed by atoms with Crippen LogP contribution >= 0.6 is 11.6 Å². The molecule has 2 nitrogen and oxygen atoms in total. The van der Waals surface area contributed by atoms with Crippen molar-refractivity contribution in [1.82, 2.24) is 9.97 Å². The molecule has 0 atom stereocenters. The molecule has 0 saturated carbocycles. The Morgan fingerprint density at radius 2 is 1.83 bits per heavy atom. The van der Waals surface area contributed by atoms with E-state index in [1.165, 1.54) is 27.6 Å². The third kappa shape index (κ3) is 1.93. The molecule has 2 aromatic carbocycles. The Kier molecular flexibility index (Phi) is 2.98. The number of pyridine rings is 1. The molecule has 1 aliphatic carbocycles. The van der Waals surface area contributed by atoms with Gasteiger partial charge in [-0.1, -0.05) is 41.9 Å². The summed E-state index contributed by atoms with van der Waals surface area (Å²) in [6, 6.07) is 14.8. The van der Waals surface area contributed by atoms with Gasteiger partial charge >= 0.3 is 0 Å². The lowest BCUT2D eigenvalue weighted by atomic mass is 10.0. The lowest BCUT2D eigenvalue weighted by Gasteiger charge is -2.11. The number of hydrogen-bond donors (Lipinski definition) is 1. The average molecular weight is 333 g/mol. The van der Waals surface area contributed by atoms with E-state index in [0.717, 1.165) is 46.6 Å². The molecule has 0 saturated heterocycles. The van der Waals surface area contributed by atoms with Crippen LogP contribution in [0, 0.1) is 6.92 Å². The highest BCUT2D eigenvalue weighted by Gasteiger charge is 2.23. The lowest BCUT2D eigenvalue weighted by molar-refractivity contribution is 0.839. The van der Waals surface area contributed by atoms with Crippen LogP contribution in [-0.2, 0) is 12.8 Å². The Morgan fingerprint density at radius 3 is 2.75 bits per heavy atom. The number of rotatable bonds is 0. The zero-order valence-electron chi connectivity index (χ0n) is 13.5. The first-order valence-electron chi connectivity index (χ1n) is 8.41. The normalized spacial score (nSPS) is 13.8. The predicted octanol–water partition coefficient (Wildman–Crippen LogP) is 5.83. The quantitative estimate of drug-likeness (QED) is 0.431. The van der Waals surface area contributed by atoms with E-state index >= 15 is 0 Å². The Bertz CT molecular complexity index is 1110. The van der Waals surface area contributed by atoms with Gasteiger partial charge in [-0.05, 0) is 55.0 Å². The largest absolute Gasteiger partial charge is 0.353 e. The van der Waals surface area contributed by atoms with Crippen molar-refractivity contribution in [3.8, 4) is 11.4 Å². The van der Waals surface area contributed by atoms with Gasteiger partial charge in [0.05, 0.1) is 21.9 Å². The minimum Gasteiger partial charge on any atom is -0.353 e. The van der Waals surface area contributed by atoms with E-state index in [2.05, 4.69) is 36.2 Å². The molecule has 0 fully saturated rings. The molecule has 0 spiro atoms. The third-order valence-corrected chi connectivity index (χ3v) is 5.51. The number of hydrogen-bond acceptors (Lipinski definition) is 1. The first-order valence-corrected chi connectivity index (χ1v) is 8.79. The third-order valence-electron chi connectivity index (χ3n) is 5.08. The van der Waals surface area contributed by atoms with Crippen molar-refractivity contribution in [3.05, 3.63) is 64.2 Å².